The van der Waals surface area contributed by atoms with Gasteiger partial charge in [0.15, 0.2) is 6.54 Å². The monoisotopic (exact) mass is 467 g/mol. The normalized spacial score (nSPS) is 18.9. The van der Waals surface area contributed by atoms with Crippen molar-refractivity contribution < 1.29 is 9.47 Å². The Hall–Kier alpha value is -2.24. The minimum atomic E-state index is 0.705. The van der Waals surface area contributed by atoms with Gasteiger partial charge >= 0.3 is 0 Å². The number of hydrogen-bond donors (Lipinski definition) is 0. The summed E-state index contributed by atoms with van der Waals surface area (Å²) in [5.41, 5.74) is 5.76. The summed E-state index contributed by atoms with van der Waals surface area (Å²) >= 11 is 1.83. The van der Waals surface area contributed by atoms with Gasteiger partial charge in [-0.2, -0.15) is 0 Å². The number of fused-ring (bicyclic) bond motifs is 2. The lowest BCUT2D eigenvalue weighted by atomic mass is 10.0. The minimum absolute atomic E-state index is 0.705. The van der Waals surface area contributed by atoms with Gasteiger partial charge in [0.25, 0.3) is 0 Å². The molecule has 178 valence electrons. The summed E-state index contributed by atoms with van der Waals surface area (Å²) in [5.74, 6) is 1.69. The van der Waals surface area contributed by atoms with Gasteiger partial charge in [-0.25, -0.2) is 9.56 Å². The number of hydrogen-bond acceptors (Lipinski definition) is 4. The topological polar surface area (TPSA) is 34.4 Å². The second-order valence-corrected chi connectivity index (χ2v) is 10.1. The molecule has 0 aromatic heterocycles. The Bertz CT molecular complexity index is 1160. The van der Waals surface area contributed by atoms with Crippen LogP contribution in [-0.2, 0) is 4.74 Å². The van der Waals surface area contributed by atoms with Gasteiger partial charge in [0.05, 0.1) is 27.9 Å². The minimum Gasteiger partial charge on any atom is -0.496 e. The number of rotatable bonds is 3. The van der Waals surface area contributed by atoms with Crippen LogP contribution in [0.25, 0.3) is 20.8 Å². The molecule has 0 saturated heterocycles. The third-order valence-electron chi connectivity index (χ3n) is 6.37. The van der Waals surface area contributed by atoms with Crippen LogP contribution in [0.3, 0.4) is 0 Å². The molecule has 0 radical (unpaired) electrons. The molecule has 2 aliphatic heterocycles. The van der Waals surface area contributed by atoms with Crippen LogP contribution in [0.2, 0.25) is 0 Å². The van der Waals surface area contributed by atoms with Crippen molar-refractivity contribution in [3.63, 3.8) is 0 Å². The van der Waals surface area contributed by atoms with Crippen molar-refractivity contribution in [2.75, 3.05) is 33.9 Å². The molecule has 1 atom stereocenters. The molecule has 0 fully saturated rings. The van der Waals surface area contributed by atoms with Crippen LogP contribution in [-0.4, -0.2) is 38.9 Å². The van der Waals surface area contributed by atoms with Crippen LogP contribution < -0.4 is 14.7 Å². The predicted molar refractivity (Wildman–Crippen MR) is 142 cm³/mol. The fourth-order valence-corrected chi connectivity index (χ4v) is 5.57. The van der Waals surface area contributed by atoms with E-state index < -0.39 is 0 Å². The summed E-state index contributed by atoms with van der Waals surface area (Å²) in [7, 11) is 3.47. The number of benzene rings is 2. The average Bonchev–Trinajstić information content (AvgIpc) is 2.80. The van der Waals surface area contributed by atoms with E-state index in [2.05, 4.69) is 69.5 Å². The summed E-state index contributed by atoms with van der Waals surface area (Å²) in [4.78, 5) is 6.26. The fraction of sp³-hybridized carbons (Fsp3) is 0.500. The third-order valence-corrected chi connectivity index (χ3v) is 7.62. The Morgan fingerprint density at radius 3 is 2.55 bits per heavy atom. The predicted octanol–water partition coefficient (Wildman–Crippen LogP) is 6.14. The molecule has 0 N–H and O–H groups in total. The lowest BCUT2D eigenvalue weighted by Gasteiger charge is -2.16. The first kappa shape index (κ1) is 25.4. The number of ether oxygens (including phenoxy) is 2. The van der Waals surface area contributed by atoms with Crippen molar-refractivity contribution in [1.29, 1.82) is 0 Å². The first-order valence-electron chi connectivity index (χ1n) is 12.0. The van der Waals surface area contributed by atoms with E-state index in [1.165, 1.54) is 44.5 Å². The van der Waals surface area contributed by atoms with Crippen molar-refractivity contribution in [2.45, 2.75) is 53.9 Å². The van der Waals surface area contributed by atoms with Gasteiger partial charge in [-0.1, -0.05) is 19.9 Å². The Morgan fingerprint density at radius 1 is 1.09 bits per heavy atom. The first-order chi connectivity index (χ1) is 15.9. The molecule has 3 aliphatic rings. The molecule has 0 bridgehead atoms. The SMILES string of the molecule is CCCOC.COc1c(C)c(C)c2nc3ccc(=[N+]4C/C=C\CCC(C)C4)cc-3sc2c1C. The second kappa shape index (κ2) is 11.8. The van der Waals surface area contributed by atoms with Gasteiger partial charge in [0, 0.05) is 37.3 Å². The maximum absolute atomic E-state index is 5.70. The van der Waals surface area contributed by atoms with Crippen molar-refractivity contribution in [3.05, 3.63) is 52.4 Å². The lowest BCUT2D eigenvalue weighted by Crippen LogP contribution is -2.34. The maximum Gasteiger partial charge on any atom is 0.201 e. The van der Waals surface area contributed by atoms with E-state index in [9.17, 15) is 0 Å². The first-order valence-corrected chi connectivity index (χ1v) is 12.8. The zero-order valence-corrected chi connectivity index (χ0v) is 22.1. The Morgan fingerprint density at radius 2 is 1.88 bits per heavy atom. The van der Waals surface area contributed by atoms with Crippen molar-refractivity contribution >= 4 is 21.6 Å². The highest BCUT2D eigenvalue weighted by Gasteiger charge is 2.19. The van der Waals surface area contributed by atoms with Crippen LogP contribution in [0.5, 0.6) is 5.75 Å². The van der Waals surface area contributed by atoms with Crippen LogP contribution in [0.4, 0.5) is 0 Å². The molecular weight excluding hydrogens is 428 g/mol. The van der Waals surface area contributed by atoms with Gasteiger partial charge in [-0.05, 0) is 63.3 Å². The summed E-state index contributed by atoms with van der Waals surface area (Å²) in [6, 6.07) is 6.73. The summed E-state index contributed by atoms with van der Waals surface area (Å²) in [6.07, 6.45) is 8.20. The molecule has 2 heterocycles. The highest BCUT2D eigenvalue weighted by Crippen LogP contribution is 2.39. The van der Waals surface area contributed by atoms with Gasteiger partial charge in [-0.15, -0.1) is 11.3 Å². The van der Waals surface area contributed by atoms with Gasteiger partial charge < -0.3 is 9.47 Å². The second-order valence-electron chi connectivity index (χ2n) is 9.00. The Labute approximate surface area is 203 Å². The van der Waals surface area contributed by atoms with Crippen LogP contribution in [0, 0.1) is 26.7 Å². The number of allylic oxidation sites excluding steroid dienone is 1. The largest absolute Gasteiger partial charge is 0.496 e. The maximum atomic E-state index is 5.70. The molecule has 4 rings (SSSR count). The zero-order valence-electron chi connectivity index (χ0n) is 21.3. The van der Waals surface area contributed by atoms with Crippen LogP contribution in [0.15, 0.2) is 30.4 Å². The standard InChI is InChI=1S/C24H29N2OS.C4H10O/c1-15-9-7-6-8-12-26(14-15)19-10-11-20-21(13-19)28-24-18(4)23(27-5)17(3)16(2)22(24)25-20;1-3-4-5-2/h6,8,10-11,13,15H,7,9,12,14H2,1-5H3;3-4H2,1-2H3/q+1;/b8-6-,26-19?;. The highest BCUT2D eigenvalue weighted by molar-refractivity contribution is 7.21. The number of methoxy groups -OCH3 is 2. The lowest BCUT2D eigenvalue weighted by molar-refractivity contribution is 0.199. The number of nitrogens with zero attached hydrogens (tertiary/aromatic N) is 2. The average molecular weight is 468 g/mol. The van der Waals surface area contributed by atoms with E-state index >= 15 is 0 Å². The molecule has 33 heavy (non-hydrogen) atoms. The smallest absolute Gasteiger partial charge is 0.201 e. The molecule has 1 unspecified atom stereocenters. The van der Waals surface area contributed by atoms with Crippen LogP contribution in [0.1, 0.15) is 49.8 Å². The van der Waals surface area contributed by atoms with E-state index in [1.807, 2.05) is 11.3 Å². The summed E-state index contributed by atoms with van der Waals surface area (Å²) < 4.78 is 14.1. The Balaban J connectivity index is 0.000000555. The van der Waals surface area contributed by atoms with Gasteiger partial charge in [0.2, 0.25) is 5.36 Å². The molecule has 0 spiro atoms. The molecule has 5 heteroatoms. The molecular formula is C28H39N2O2S+. The number of aryl methyl sites for hydroxylation is 2. The van der Waals surface area contributed by atoms with E-state index in [1.54, 1.807) is 14.2 Å². The molecule has 0 saturated carbocycles. The third kappa shape index (κ3) is 5.82. The number of aromatic nitrogens is 1. The molecule has 1 aliphatic carbocycles. The van der Waals surface area contributed by atoms with Crippen molar-refractivity contribution in [2.24, 2.45) is 5.92 Å². The quantitative estimate of drug-likeness (QED) is 0.264. The highest BCUT2D eigenvalue weighted by atomic mass is 32.1. The van der Waals surface area contributed by atoms with E-state index in [-0.39, 0.29) is 0 Å². The van der Waals surface area contributed by atoms with E-state index in [4.69, 9.17) is 14.5 Å². The van der Waals surface area contributed by atoms with Crippen molar-refractivity contribution in [1.82, 2.24) is 9.56 Å². The van der Waals surface area contributed by atoms with Gasteiger partial charge in [-0.3, -0.25) is 0 Å². The van der Waals surface area contributed by atoms with Crippen LogP contribution >= 0.6 is 11.3 Å². The molecule has 1 aromatic carbocycles. The van der Waals surface area contributed by atoms with E-state index in [0.717, 1.165) is 43.1 Å². The summed E-state index contributed by atoms with van der Waals surface area (Å²) in [5, 5.41) is 1.29. The fourth-order valence-electron chi connectivity index (χ4n) is 4.41. The molecule has 0 amide bonds. The van der Waals surface area contributed by atoms with Gasteiger partial charge in [0.1, 0.15) is 12.3 Å². The zero-order chi connectivity index (χ0) is 24.0. The molecule has 1 aromatic rings. The molecule has 4 nitrogen and oxygen atoms in total. The van der Waals surface area contributed by atoms with E-state index in [0.29, 0.717) is 5.92 Å². The Kier molecular flexibility index (Phi) is 9.04. The summed E-state index contributed by atoms with van der Waals surface area (Å²) in [6.45, 7) is 13.8. The van der Waals surface area contributed by atoms with Crippen molar-refractivity contribution in [3.8, 4) is 16.3 Å².